The zero-order valence-corrected chi connectivity index (χ0v) is 23.3. The van der Waals surface area contributed by atoms with Crippen LogP contribution in [0.15, 0.2) is 53.7 Å². The van der Waals surface area contributed by atoms with Crippen molar-refractivity contribution in [1.29, 1.82) is 0 Å². The van der Waals surface area contributed by atoms with Gasteiger partial charge in [-0.3, -0.25) is 9.20 Å². The lowest BCUT2D eigenvalue weighted by molar-refractivity contribution is -0.166. The topological polar surface area (TPSA) is 136 Å². The third-order valence-electron chi connectivity index (χ3n) is 7.47. The normalized spacial score (nSPS) is 18.5. The highest BCUT2D eigenvalue weighted by molar-refractivity contribution is 7.89. The number of aromatic nitrogens is 4. The van der Waals surface area contributed by atoms with Gasteiger partial charge in [-0.25, -0.2) is 13.4 Å². The molecule has 11 nitrogen and oxygen atoms in total. The number of halogens is 1. The first-order chi connectivity index (χ1) is 19.1. The molecule has 4 aromatic rings. The number of aryl methyl sites for hydroxylation is 2. The van der Waals surface area contributed by atoms with Crippen LogP contribution in [0.5, 0.6) is 5.88 Å². The number of hydrogen-bond donors (Lipinski definition) is 1. The fourth-order valence-corrected chi connectivity index (χ4v) is 7.08. The van der Waals surface area contributed by atoms with Crippen LogP contribution in [0.1, 0.15) is 40.4 Å². The lowest BCUT2D eigenvalue weighted by Gasteiger charge is -2.41. The number of aliphatic carboxylic acids is 1. The summed E-state index contributed by atoms with van der Waals surface area (Å²) in [5.41, 5.74) is 2.63. The molecule has 1 fully saturated rings. The number of fused-ring (bicyclic) bond motifs is 2. The average Bonchev–Trinajstić information content (AvgIpc) is 3.24. The molecule has 2 aliphatic heterocycles. The summed E-state index contributed by atoms with van der Waals surface area (Å²) in [6.45, 7) is 4.19. The van der Waals surface area contributed by atoms with E-state index in [9.17, 15) is 18.3 Å². The number of hydrogen-bond acceptors (Lipinski definition) is 8. The summed E-state index contributed by atoms with van der Waals surface area (Å²) < 4.78 is 42.1. The molecule has 0 amide bonds. The molecule has 1 spiro atoms. The molecule has 13 heteroatoms. The zero-order valence-electron chi connectivity index (χ0n) is 21.7. The van der Waals surface area contributed by atoms with Crippen molar-refractivity contribution in [3.63, 3.8) is 0 Å². The highest BCUT2D eigenvalue weighted by Crippen LogP contribution is 2.38. The van der Waals surface area contributed by atoms with Gasteiger partial charge >= 0.3 is 5.97 Å². The molecular weight excluding hydrogens is 558 g/mol. The van der Waals surface area contributed by atoms with Crippen LogP contribution in [0.2, 0.25) is 5.02 Å². The van der Waals surface area contributed by atoms with Gasteiger partial charge in [-0.15, -0.1) is 10.2 Å². The monoisotopic (exact) mass is 583 g/mol. The van der Waals surface area contributed by atoms with Crippen molar-refractivity contribution in [2.24, 2.45) is 0 Å². The van der Waals surface area contributed by atoms with Gasteiger partial charge in [0.2, 0.25) is 15.9 Å². The third kappa shape index (κ3) is 4.50. The predicted octanol–water partition coefficient (Wildman–Crippen LogP) is 3.35. The van der Waals surface area contributed by atoms with Gasteiger partial charge in [0.15, 0.2) is 11.2 Å². The molecule has 1 N–H and O–H groups in total. The van der Waals surface area contributed by atoms with Crippen molar-refractivity contribution in [2.45, 2.75) is 43.2 Å². The zero-order chi connectivity index (χ0) is 28.2. The molecule has 0 saturated carbocycles. The molecule has 40 heavy (non-hydrogen) atoms. The van der Waals surface area contributed by atoms with Crippen molar-refractivity contribution < 1.29 is 27.8 Å². The Kier molecular flexibility index (Phi) is 6.53. The molecular formula is C27H26ClN5O6S. The van der Waals surface area contributed by atoms with Crippen molar-refractivity contribution in [2.75, 3.05) is 19.8 Å². The molecule has 0 radical (unpaired) electrons. The van der Waals surface area contributed by atoms with Crippen LogP contribution in [0, 0.1) is 13.8 Å². The maximum absolute atomic E-state index is 13.8. The largest absolute Gasteiger partial charge is 0.481 e. The molecule has 6 rings (SSSR count). The van der Waals surface area contributed by atoms with Gasteiger partial charge in [-0.2, -0.15) is 4.31 Å². The van der Waals surface area contributed by atoms with Gasteiger partial charge < -0.3 is 14.6 Å². The second-order valence-corrected chi connectivity index (χ2v) is 12.5. The molecule has 2 aliphatic rings. The van der Waals surface area contributed by atoms with E-state index in [0.717, 1.165) is 17.0 Å². The fraction of sp³-hybridized carbons (Fsp3) is 0.333. The number of sulfonamides is 1. The number of carboxylic acid groups (broad SMARTS) is 1. The van der Waals surface area contributed by atoms with Gasteiger partial charge in [-0.05, 0) is 60.4 Å². The minimum atomic E-state index is -3.99. The number of rotatable bonds is 6. The Bertz CT molecular complexity index is 1750. The predicted molar refractivity (Wildman–Crippen MR) is 144 cm³/mol. The van der Waals surface area contributed by atoms with Crippen LogP contribution in [-0.2, 0) is 26.1 Å². The fourth-order valence-electron chi connectivity index (χ4n) is 5.35. The maximum Gasteiger partial charge on any atom is 0.304 e. The van der Waals surface area contributed by atoms with Crippen LogP contribution < -0.4 is 4.74 Å². The lowest BCUT2D eigenvalue weighted by atomic mass is 9.86. The summed E-state index contributed by atoms with van der Waals surface area (Å²) in [6, 6.07) is 10.1. The first kappa shape index (κ1) is 26.6. The summed E-state index contributed by atoms with van der Waals surface area (Å²) in [7, 11) is -3.99. The van der Waals surface area contributed by atoms with Gasteiger partial charge in [0.1, 0.15) is 10.7 Å². The summed E-state index contributed by atoms with van der Waals surface area (Å²) in [4.78, 5) is 16.1. The Hall–Kier alpha value is -3.58. The summed E-state index contributed by atoms with van der Waals surface area (Å²) >= 11 is 6.61. The Morgan fingerprint density at radius 2 is 2.00 bits per heavy atom. The van der Waals surface area contributed by atoms with E-state index in [1.807, 2.05) is 30.5 Å². The van der Waals surface area contributed by atoms with Crippen LogP contribution in [-0.4, -0.2) is 68.7 Å². The van der Waals surface area contributed by atoms with E-state index in [-0.39, 0.29) is 43.5 Å². The van der Waals surface area contributed by atoms with Crippen molar-refractivity contribution >= 4 is 33.2 Å². The third-order valence-corrected chi connectivity index (χ3v) is 9.65. The van der Waals surface area contributed by atoms with E-state index in [1.165, 1.54) is 16.6 Å². The molecule has 1 saturated heterocycles. The molecule has 5 heterocycles. The van der Waals surface area contributed by atoms with Crippen LogP contribution in [0.25, 0.3) is 5.65 Å². The van der Waals surface area contributed by atoms with Crippen LogP contribution >= 0.6 is 11.6 Å². The molecule has 1 unspecified atom stereocenters. The van der Waals surface area contributed by atoms with Gasteiger partial charge in [-0.1, -0.05) is 23.7 Å². The lowest BCUT2D eigenvalue weighted by Crippen LogP contribution is -2.60. The summed E-state index contributed by atoms with van der Waals surface area (Å²) in [5.74, 6) is -0.732. The SMILES string of the molecule is Cc1c(C(CC(=O)O)c2ccc(Cl)c(CN3CC4(COC4)Oc4ncccc4S3(=O)=O)c2)ccn2c(C)nnc12. The van der Waals surface area contributed by atoms with Crippen LogP contribution in [0.3, 0.4) is 0 Å². The van der Waals surface area contributed by atoms with E-state index in [0.29, 0.717) is 21.8 Å². The molecule has 208 valence electrons. The first-order valence-corrected chi connectivity index (χ1v) is 14.4. The minimum Gasteiger partial charge on any atom is -0.481 e. The van der Waals surface area contributed by atoms with E-state index < -0.39 is 27.5 Å². The molecule has 1 aromatic carbocycles. The molecule has 3 aromatic heterocycles. The number of ether oxygens (including phenoxy) is 2. The molecule has 0 aliphatic carbocycles. The average molecular weight is 584 g/mol. The van der Waals surface area contributed by atoms with E-state index in [4.69, 9.17) is 21.1 Å². The van der Waals surface area contributed by atoms with Gasteiger partial charge in [0.05, 0.1) is 26.2 Å². The molecule has 0 bridgehead atoms. The van der Waals surface area contributed by atoms with Crippen LogP contribution in [0.4, 0.5) is 0 Å². The summed E-state index contributed by atoms with van der Waals surface area (Å²) in [6.07, 6.45) is 3.13. The van der Waals surface area contributed by atoms with Gasteiger partial charge in [0.25, 0.3) is 0 Å². The maximum atomic E-state index is 13.8. The number of carbonyl (C=O) groups is 1. The summed E-state index contributed by atoms with van der Waals surface area (Å²) in [5, 5.41) is 18.6. The van der Waals surface area contributed by atoms with Gasteiger partial charge in [0, 0.05) is 29.9 Å². The smallest absolute Gasteiger partial charge is 0.304 e. The van der Waals surface area contributed by atoms with Crippen molar-refractivity contribution in [3.05, 3.63) is 81.9 Å². The van der Waals surface area contributed by atoms with E-state index in [1.54, 1.807) is 24.3 Å². The van der Waals surface area contributed by atoms with Crippen molar-refractivity contribution in [3.8, 4) is 5.88 Å². The highest BCUT2D eigenvalue weighted by atomic mass is 35.5. The van der Waals surface area contributed by atoms with E-state index in [2.05, 4.69) is 15.2 Å². The second kappa shape index (κ2) is 9.81. The molecule has 1 atom stereocenters. The van der Waals surface area contributed by atoms with E-state index >= 15 is 0 Å². The number of pyridine rings is 2. The number of carboxylic acids is 1. The quantitative estimate of drug-likeness (QED) is 0.362. The number of nitrogens with zero attached hydrogens (tertiary/aromatic N) is 5. The first-order valence-electron chi connectivity index (χ1n) is 12.6. The highest BCUT2D eigenvalue weighted by Gasteiger charge is 2.49. The minimum absolute atomic E-state index is 0.0256. The Labute approximate surface area is 235 Å². The second-order valence-electron chi connectivity index (χ2n) is 10.2. The standard InChI is InChI=1S/C27H26ClN5O6S/c1-16-20(7-9-33-17(2)30-31-25(16)33)21(11-24(34)35)18-5-6-22(28)19(10-18)12-32-13-27(14-38-15-27)39-26-23(40(32,36)37)4-3-8-29-26/h3-10,21H,11-15H2,1-2H3,(H,34,35). The van der Waals surface area contributed by atoms with Crippen molar-refractivity contribution in [1.82, 2.24) is 23.9 Å². The number of benzene rings is 1. The Morgan fingerprint density at radius 1 is 1.20 bits per heavy atom. The Balaban J connectivity index is 1.41. The Morgan fingerprint density at radius 3 is 2.73 bits per heavy atom.